The largest absolute Gasteiger partial charge is 0.341 e. The van der Waals surface area contributed by atoms with Crippen LogP contribution in [-0.4, -0.2) is 47.2 Å². The quantitative estimate of drug-likeness (QED) is 0.757. The lowest BCUT2D eigenvalue weighted by molar-refractivity contribution is -0.131. The van der Waals surface area contributed by atoms with Crippen LogP contribution < -0.4 is 0 Å². The Hall–Kier alpha value is -2.17. The minimum absolute atomic E-state index is 0.134. The Balaban J connectivity index is 1.73. The number of carbonyl (C=O) groups is 3. The zero-order valence-corrected chi connectivity index (χ0v) is 13.7. The standard InChI is InChI=1S/C18H22N2O3/c1-3-8-19(10-13-5-6-13)16(21)11-20-17(22)14-7-4-12(2)9-15(14)18(20)23/h4,7,9,13H,3,5-6,8,10-11H2,1-2H3. The number of nitrogens with zero attached hydrogens (tertiary/aromatic N) is 2. The fourth-order valence-electron chi connectivity index (χ4n) is 2.98. The highest BCUT2D eigenvalue weighted by Crippen LogP contribution is 2.30. The lowest BCUT2D eigenvalue weighted by Gasteiger charge is -2.24. The highest BCUT2D eigenvalue weighted by molar-refractivity contribution is 6.22. The molecular weight excluding hydrogens is 292 g/mol. The van der Waals surface area contributed by atoms with Gasteiger partial charge in [0.15, 0.2) is 0 Å². The Morgan fingerprint density at radius 2 is 1.91 bits per heavy atom. The maximum absolute atomic E-state index is 12.5. The van der Waals surface area contributed by atoms with Gasteiger partial charge >= 0.3 is 0 Å². The average Bonchev–Trinajstić information content (AvgIpc) is 3.31. The summed E-state index contributed by atoms with van der Waals surface area (Å²) in [6.07, 6.45) is 3.21. The Morgan fingerprint density at radius 3 is 2.57 bits per heavy atom. The molecule has 122 valence electrons. The van der Waals surface area contributed by atoms with Crippen molar-refractivity contribution in [1.82, 2.24) is 9.80 Å². The number of fused-ring (bicyclic) bond motifs is 1. The van der Waals surface area contributed by atoms with Crippen molar-refractivity contribution in [1.29, 1.82) is 0 Å². The van der Waals surface area contributed by atoms with E-state index in [1.54, 1.807) is 17.0 Å². The van der Waals surface area contributed by atoms with Crippen LogP contribution in [0.5, 0.6) is 0 Å². The van der Waals surface area contributed by atoms with E-state index < -0.39 is 0 Å². The van der Waals surface area contributed by atoms with Crippen molar-refractivity contribution in [3.63, 3.8) is 0 Å². The molecule has 1 aliphatic carbocycles. The van der Waals surface area contributed by atoms with Crippen molar-refractivity contribution in [3.05, 3.63) is 34.9 Å². The number of imide groups is 1. The molecule has 1 aliphatic heterocycles. The molecule has 0 aromatic heterocycles. The van der Waals surface area contributed by atoms with Gasteiger partial charge in [0.2, 0.25) is 5.91 Å². The molecule has 23 heavy (non-hydrogen) atoms. The molecular formula is C18H22N2O3. The van der Waals surface area contributed by atoms with Crippen molar-refractivity contribution in [2.24, 2.45) is 5.92 Å². The molecule has 5 heteroatoms. The molecule has 5 nitrogen and oxygen atoms in total. The average molecular weight is 314 g/mol. The number of benzene rings is 1. The van der Waals surface area contributed by atoms with Gasteiger partial charge in [-0.2, -0.15) is 0 Å². The zero-order chi connectivity index (χ0) is 16.6. The lowest BCUT2D eigenvalue weighted by atomic mass is 10.1. The van der Waals surface area contributed by atoms with Crippen LogP contribution in [0.1, 0.15) is 52.5 Å². The molecule has 0 unspecified atom stereocenters. The number of amides is 3. The molecule has 0 bridgehead atoms. The first-order chi connectivity index (χ1) is 11.0. The van der Waals surface area contributed by atoms with Gasteiger partial charge in [-0.3, -0.25) is 19.3 Å². The second-order valence-electron chi connectivity index (χ2n) is 6.53. The van der Waals surface area contributed by atoms with E-state index in [0.29, 0.717) is 23.6 Å². The third-order valence-electron chi connectivity index (χ3n) is 4.44. The first-order valence-electron chi connectivity index (χ1n) is 8.26. The minimum atomic E-state index is -0.360. The highest BCUT2D eigenvalue weighted by atomic mass is 16.2. The summed E-state index contributed by atoms with van der Waals surface area (Å²) in [6.45, 7) is 5.17. The van der Waals surface area contributed by atoms with E-state index in [1.807, 2.05) is 19.9 Å². The van der Waals surface area contributed by atoms with Crippen LogP contribution in [0.15, 0.2) is 18.2 Å². The molecule has 1 saturated carbocycles. The molecule has 0 radical (unpaired) electrons. The Bertz CT molecular complexity index is 664. The van der Waals surface area contributed by atoms with Crippen molar-refractivity contribution in [2.75, 3.05) is 19.6 Å². The summed E-state index contributed by atoms with van der Waals surface area (Å²) in [5.74, 6) is -0.258. The van der Waals surface area contributed by atoms with Crippen LogP contribution >= 0.6 is 0 Å². The molecule has 0 N–H and O–H groups in total. The van der Waals surface area contributed by atoms with E-state index in [1.165, 1.54) is 12.8 Å². The maximum Gasteiger partial charge on any atom is 0.262 e. The second kappa shape index (κ2) is 6.14. The van der Waals surface area contributed by atoms with Crippen LogP contribution in [-0.2, 0) is 4.79 Å². The third-order valence-corrected chi connectivity index (χ3v) is 4.44. The molecule has 0 saturated heterocycles. The van der Waals surface area contributed by atoms with Gasteiger partial charge in [0.05, 0.1) is 11.1 Å². The number of hydrogen-bond donors (Lipinski definition) is 0. The number of rotatable bonds is 6. The number of carbonyl (C=O) groups excluding carboxylic acids is 3. The van der Waals surface area contributed by atoms with Crippen molar-refractivity contribution >= 4 is 17.7 Å². The molecule has 1 aromatic rings. The fourth-order valence-corrected chi connectivity index (χ4v) is 2.98. The predicted molar refractivity (Wildman–Crippen MR) is 86.1 cm³/mol. The number of aryl methyl sites for hydroxylation is 1. The van der Waals surface area contributed by atoms with Crippen LogP contribution in [0, 0.1) is 12.8 Å². The van der Waals surface area contributed by atoms with Crippen LogP contribution in [0.4, 0.5) is 0 Å². The lowest BCUT2D eigenvalue weighted by Crippen LogP contribution is -2.43. The van der Waals surface area contributed by atoms with Crippen molar-refractivity contribution in [2.45, 2.75) is 33.1 Å². The van der Waals surface area contributed by atoms with Gasteiger partial charge in [-0.05, 0) is 44.2 Å². The molecule has 1 fully saturated rings. The first-order valence-corrected chi connectivity index (χ1v) is 8.26. The van der Waals surface area contributed by atoms with Crippen molar-refractivity contribution in [3.8, 4) is 0 Å². The van der Waals surface area contributed by atoms with Gasteiger partial charge in [0.1, 0.15) is 6.54 Å². The molecule has 3 rings (SSSR count). The number of hydrogen-bond acceptors (Lipinski definition) is 3. The molecule has 1 aromatic carbocycles. The van der Waals surface area contributed by atoms with Gasteiger partial charge < -0.3 is 4.90 Å². The summed E-state index contributed by atoms with van der Waals surface area (Å²) >= 11 is 0. The zero-order valence-electron chi connectivity index (χ0n) is 13.7. The SMILES string of the molecule is CCCN(CC1CC1)C(=O)CN1C(=O)c2ccc(C)cc2C1=O. The molecule has 3 amide bonds. The van der Waals surface area contributed by atoms with E-state index in [-0.39, 0.29) is 24.3 Å². The molecule has 0 spiro atoms. The molecule has 1 heterocycles. The highest BCUT2D eigenvalue weighted by Gasteiger charge is 2.37. The van der Waals surface area contributed by atoms with Gasteiger partial charge in [-0.15, -0.1) is 0 Å². The summed E-state index contributed by atoms with van der Waals surface area (Å²) < 4.78 is 0. The summed E-state index contributed by atoms with van der Waals surface area (Å²) in [7, 11) is 0. The topological polar surface area (TPSA) is 57.7 Å². The second-order valence-corrected chi connectivity index (χ2v) is 6.53. The molecule has 0 atom stereocenters. The van der Waals surface area contributed by atoms with Gasteiger partial charge in [0, 0.05) is 13.1 Å². The Labute approximate surface area is 136 Å². The van der Waals surface area contributed by atoms with E-state index in [4.69, 9.17) is 0 Å². The van der Waals surface area contributed by atoms with E-state index in [0.717, 1.165) is 23.4 Å². The van der Waals surface area contributed by atoms with E-state index in [9.17, 15) is 14.4 Å². The normalized spacial score (nSPS) is 16.7. The third kappa shape index (κ3) is 3.14. The monoisotopic (exact) mass is 314 g/mol. The van der Waals surface area contributed by atoms with E-state index >= 15 is 0 Å². The van der Waals surface area contributed by atoms with Crippen molar-refractivity contribution < 1.29 is 14.4 Å². The van der Waals surface area contributed by atoms with Crippen LogP contribution in [0.25, 0.3) is 0 Å². The Morgan fingerprint density at radius 1 is 1.22 bits per heavy atom. The van der Waals surface area contributed by atoms with Gasteiger partial charge in [-0.1, -0.05) is 18.6 Å². The summed E-state index contributed by atoms with van der Waals surface area (Å²) in [5, 5.41) is 0. The maximum atomic E-state index is 12.5. The Kier molecular flexibility index (Phi) is 4.20. The fraction of sp³-hybridized carbons (Fsp3) is 0.500. The van der Waals surface area contributed by atoms with Crippen LogP contribution in [0.3, 0.4) is 0 Å². The summed E-state index contributed by atoms with van der Waals surface area (Å²) in [4.78, 5) is 40.3. The van der Waals surface area contributed by atoms with E-state index in [2.05, 4.69) is 0 Å². The van der Waals surface area contributed by atoms with Gasteiger partial charge in [0.25, 0.3) is 11.8 Å². The predicted octanol–water partition coefficient (Wildman–Crippen LogP) is 2.24. The minimum Gasteiger partial charge on any atom is -0.341 e. The van der Waals surface area contributed by atoms with Crippen LogP contribution in [0.2, 0.25) is 0 Å². The molecule has 2 aliphatic rings. The summed E-state index contributed by atoms with van der Waals surface area (Å²) in [5.41, 5.74) is 1.74. The smallest absolute Gasteiger partial charge is 0.262 e. The van der Waals surface area contributed by atoms with Gasteiger partial charge in [-0.25, -0.2) is 0 Å². The summed E-state index contributed by atoms with van der Waals surface area (Å²) in [6, 6.07) is 5.20. The first kappa shape index (κ1) is 15.7.